The van der Waals surface area contributed by atoms with E-state index < -0.39 is 6.61 Å². The van der Waals surface area contributed by atoms with Crippen LogP contribution in [-0.2, 0) is 13.0 Å². The Morgan fingerprint density at radius 2 is 2.11 bits per heavy atom. The first-order chi connectivity index (χ1) is 9.19. The van der Waals surface area contributed by atoms with Crippen LogP contribution in [-0.4, -0.2) is 16.8 Å². The van der Waals surface area contributed by atoms with E-state index in [1.54, 1.807) is 18.2 Å². The first kappa shape index (κ1) is 13.7. The van der Waals surface area contributed by atoms with Crippen molar-refractivity contribution < 1.29 is 13.5 Å². The van der Waals surface area contributed by atoms with Gasteiger partial charge in [-0.1, -0.05) is 36.5 Å². The molecule has 1 aromatic carbocycles. The van der Waals surface area contributed by atoms with E-state index in [4.69, 9.17) is 0 Å². The highest BCUT2D eigenvalue weighted by atomic mass is 32.1. The molecule has 1 aromatic heterocycles. The van der Waals surface area contributed by atoms with Crippen LogP contribution in [0.2, 0.25) is 0 Å². The van der Waals surface area contributed by atoms with Crippen molar-refractivity contribution in [2.45, 2.75) is 26.5 Å². The number of alkyl halides is 2. The van der Waals surface area contributed by atoms with Gasteiger partial charge in [-0.2, -0.15) is 8.78 Å². The lowest BCUT2D eigenvalue weighted by Crippen LogP contribution is -2.07. The molecule has 0 radical (unpaired) electrons. The molecule has 0 saturated carbocycles. The van der Waals surface area contributed by atoms with E-state index in [1.165, 1.54) is 17.4 Å². The number of halogens is 2. The molecule has 2 rings (SSSR count). The third-order valence-corrected chi connectivity index (χ3v) is 3.41. The molecule has 1 N–H and O–H groups in total. The fourth-order valence-corrected chi connectivity index (χ4v) is 2.17. The lowest BCUT2D eigenvalue weighted by molar-refractivity contribution is -0.0504. The number of nitrogens with one attached hydrogen (secondary N) is 1. The topological polar surface area (TPSA) is 47.0 Å². The normalized spacial score (nSPS) is 10.7. The lowest BCUT2D eigenvalue weighted by atomic mass is 10.2. The van der Waals surface area contributed by atoms with Crippen molar-refractivity contribution in [1.29, 1.82) is 0 Å². The van der Waals surface area contributed by atoms with Crippen molar-refractivity contribution in [2.75, 3.05) is 5.32 Å². The van der Waals surface area contributed by atoms with E-state index in [0.717, 1.165) is 11.4 Å². The monoisotopic (exact) mass is 285 g/mol. The largest absolute Gasteiger partial charge is 0.434 e. The van der Waals surface area contributed by atoms with Gasteiger partial charge in [0, 0.05) is 12.1 Å². The molecule has 0 aliphatic carbocycles. The van der Waals surface area contributed by atoms with Gasteiger partial charge in [0.2, 0.25) is 5.13 Å². The minimum Gasteiger partial charge on any atom is -0.434 e. The minimum atomic E-state index is -2.82. The Morgan fingerprint density at radius 1 is 1.32 bits per heavy atom. The predicted octanol–water partition coefficient (Wildman–Crippen LogP) is 3.31. The van der Waals surface area contributed by atoms with Crippen LogP contribution < -0.4 is 10.1 Å². The van der Waals surface area contributed by atoms with E-state index in [0.29, 0.717) is 17.2 Å². The van der Waals surface area contributed by atoms with Crippen LogP contribution in [0.15, 0.2) is 24.3 Å². The molecular formula is C12H13F2N3OS. The first-order valence-corrected chi connectivity index (χ1v) is 6.59. The molecule has 0 spiro atoms. The van der Waals surface area contributed by atoms with Crippen molar-refractivity contribution in [3.8, 4) is 5.75 Å². The summed E-state index contributed by atoms with van der Waals surface area (Å²) < 4.78 is 29.0. The molecule has 0 saturated heterocycles. The third-order valence-electron chi connectivity index (χ3n) is 2.39. The zero-order chi connectivity index (χ0) is 13.7. The molecule has 0 amide bonds. The van der Waals surface area contributed by atoms with Gasteiger partial charge in [-0.25, -0.2) is 0 Å². The molecule has 4 nitrogen and oxygen atoms in total. The fourth-order valence-electron chi connectivity index (χ4n) is 1.50. The maximum Gasteiger partial charge on any atom is 0.387 e. The zero-order valence-corrected chi connectivity index (χ0v) is 11.1. The van der Waals surface area contributed by atoms with E-state index in [2.05, 4.69) is 20.3 Å². The second-order valence-corrected chi connectivity index (χ2v) is 4.76. The average Bonchev–Trinajstić information content (AvgIpc) is 2.85. The molecule has 0 aliphatic heterocycles. The van der Waals surface area contributed by atoms with Gasteiger partial charge in [-0.15, -0.1) is 10.2 Å². The zero-order valence-electron chi connectivity index (χ0n) is 10.3. The molecule has 2 aromatic rings. The third kappa shape index (κ3) is 3.85. The number of benzene rings is 1. The number of hydrogen-bond acceptors (Lipinski definition) is 5. The van der Waals surface area contributed by atoms with Crippen LogP contribution in [0.4, 0.5) is 13.9 Å². The predicted molar refractivity (Wildman–Crippen MR) is 69.7 cm³/mol. The summed E-state index contributed by atoms with van der Waals surface area (Å²) in [5, 5.41) is 12.6. The molecule has 19 heavy (non-hydrogen) atoms. The summed E-state index contributed by atoms with van der Waals surface area (Å²) in [5.74, 6) is 0.172. The van der Waals surface area contributed by atoms with Gasteiger partial charge in [-0.05, 0) is 12.5 Å². The van der Waals surface area contributed by atoms with Crippen molar-refractivity contribution in [3.63, 3.8) is 0 Å². The van der Waals surface area contributed by atoms with Gasteiger partial charge in [0.1, 0.15) is 10.8 Å². The number of nitrogens with zero attached hydrogens (tertiary/aromatic N) is 2. The molecule has 0 fully saturated rings. The molecular weight excluding hydrogens is 272 g/mol. The summed E-state index contributed by atoms with van der Waals surface area (Å²) in [6.07, 6.45) is 0.824. The standard InChI is InChI=1S/C12H13F2N3OS/c1-2-10-16-17-12(19-10)15-7-8-5-3-4-6-9(8)18-11(13)14/h3-6,11H,2,7H2,1H3,(H,15,17). The van der Waals surface area contributed by atoms with E-state index in [1.807, 2.05) is 6.92 Å². The molecule has 0 atom stereocenters. The number of aromatic nitrogens is 2. The number of hydrogen-bond donors (Lipinski definition) is 1. The highest BCUT2D eigenvalue weighted by Gasteiger charge is 2.09. The van der Waals surface area contributed by atoms with Crippen molar-refractivity contribution >= 4 is 16.5 Å². The molecule has 7 heteroatoms. The van der Waals surface area contributed by atoms with Gasteiger partial charge in [0.15, 0.2) is 0 Å². The molecule has 1 heterocycles. The Bertz CT molecular complexity index is 533. The van der Waals surface area contributed by atoms with E-state index in [9.17, 15) is 8.78 Å². The molecule has 0 bridgehead atoms. The average molecular weight is 285 g/mol. The Labute approximate surface area is 113 Å². The fraction of sp³-hybridized carbons (Fsp3) is 0.333. The number of rotatable bonds is 6. The lowest BCUT2D eigenvalue weighted by Gasteiger charge is -2.10. The second-order valence-electron chi connectivity index (χ2n) is 3.69. The van der Waals surface area contributed by atoms with Crippen molar-refractivity contribution in [2.24, 2.45) is 0 Å². The number of ether oxygens (including phenoxy) is 1. The van der Waals surface area contributed by atoms with E-state index in [-0.39, 0.29) is 5.75 Å². The maximum absolute atomic E-state index is 12.2. The van der Waals surface area contributed by atoms with Crippen LogP contribution in [0, 0.1) is 0 Å². The quantitative estimate of drug-likeness (QED) is 0.884. The number of anilines is 1. The van der Waals surface area contributed by atoms with Crippen LogP contribution in [0.1, 0.15) is 17.5 Å². The number of para-hydroxylation sites is 1. The van der Waals surface area contributed by atoms with Gasteiger partial charge < -0.3 is 10.1 Å². The van der Waals surface area contributed by atoms with Crippen LogP contribution in [0.3, 0.4) is 0 Å². The SMILES string of the molecule is CCc1nnc(NCc2ccccc2OC(F)F)s1. The van der Waals surface area contributed by atoms with Gasteiger partial charge in [0.05, 0.1) is 0 Å². The Hall–Kier alpha value is -1.76. The summed E-state index contributed by atoms with van der Waals surface area (Å²) in [5.41, 5.74) is 0.649. The van der Waals surface area contributed by atoms with Gasteiger partial charge >= 0.3 is 6.61 Å². The highest BCUT2D eigenvalue weighted by molar-refractivity contribution is 7.15. The van der Waals surface area contributed by atoms with Gasteiger partial charge in [0.25, 0.3) is 0 Å². The first-order valence-electron chi connectivity index (χ1n) is 5.78. The summed E-state index contributed by atoms with van der Waals surface area (Å²) in [7, 11) is 0. The molecule has 0 unspecified atom stereocenters. The summed E-state index contributed by atoms with van der Waals surface area (Å²) in [6, 6.07) is 6.67. The summed E-state index contributed by atoms with van der Waals surface area (Å²) >= 11 is 1.45. The Balaban J connectivity index is 2.02. The highest BCUT2D eigenvalue weighted by Crippen LogP contribution is 2.22. The summed E-state index contributed by atoms with van der Waals surface area (Å²) in [4.78, 5) is 0. The minimum absolute atomic E-state index is 0.172. The van der Waals surface area contributed by atoms with E-state index >= 15 is 0 Å². The second kappa shape index (κ2) is 6.42. The van der Waals surface area contributed by atoms with Crippen LogP contribution in [0.25, 0.3) is 0 Å². The Morgan fingerprint density at radius 3 is 2.79 bits per heavy atom. The molecule has 0 aliphatic rings. The van der Waals surface area contributed by atoms with Crippen molar-refractivity contribution in [3.05, 3.63) is 34.8 Å². The van der Waals surface area contributed by atoms with Crippen molar-refractivity contribution in [1.82, 2.24) is 10.2 Å². The molecule has 102 valence electrons. The van der Waals surface area contributed by atoms with Crippen LogP contribution in [0.5, 0.6) is 5.75 Å². The smallest absolute Gasteiger partial charge is 0.387 e. The number of aryl methyl sites for hydroxylation is 1. The summed E-state index contributed by atoms with van der Waals surface area (Å²) in [6.45, 7) is -0.466. The van der Waals surface area contributed by atoms with Gasteiger partial charge in [-0.3, -0.25) is 0 Å². The Kier molecular flexibility index (Phi) is 4.62. The van der Waals surface area contributed by atoms with Crippen LogP contribution >= 0.6 is 11.3 Å². The maximum atomic E-state index is 12.2.